The number of aromatic nitrogens is 1. The first-order valence-electron chi connectivity index (χ1n) is 11.1. The maximum absolute atomic E-state index is 15.5. The maximum Gasteiger partial charge on any atom is 0.277 e. The van der Waals surface area contributed by atoms with E-state index in [1.165, 1.54) is 25.5 Å². The van der Waals surface area contributed by atoms with Gasteiger partial charge in [-0.05, 0) is 77.2 Å². The molecule has 13 heteroatoms. The van der Waals surface area contributed by atoms with Gasteiger partial charge in [0.25, 0.3) is 5.91 Å². The van der Waals surface area contributed by atoms with Crippen molar-refractivity contribution in [3.63, 3.8) is 0 Å². The van der Waals surface area contributed by atoms with Crippen molar-refractivity contribution in [1.82, 2.24) is 14.8 Å². The zero-order valence-electron chi connectivity index (χ0n) is 19.5. The highest BCUT2D eigenvalue weighted by atomic mass is 127. The van der Waals surface area contributed by atoms with Crippen LogP contribution in [0.4, 0.5) is 20.2 Å². The molecule has 2 aromatic carbocycles. The second-order valence-electron chi connectivity index (χ2n) is 8.48. The van der Waals surface area contributed by atoms with Gasteiger partial charge in [-0.1, -0.05) is 17.7 Å². The van der Waals surface area contributed by atoms with Crippen LogP contribution in [-0.2, 0) is 21.4 Å². The van der Waals surface area contributed by atoms with E-state index in [1.807, 2.05) is 22.6 Å². The second-order valence-corrected chi connectivity index (χ2v) is 12.1. The molecule has 1 aliphatic carbocycles. The molecule has 4 rings (SSSR count). The number of hydrogen-bond acceptors (Lipinski definition) is 6. The fourth-order valence-corrected chi connectivity index (χ4v) is 5.52. The van der Waals surface area contributed by atoms with E-state index in [2.05, 4.69) is 15.8 Å². The fourth-order valence-electron chi connectivity index (χ4n) is 3.38. The number of benzene rings is 2. The van der Waals surface area contributed by atoms with Crippen LogP contribution in [0.15, 0.2) is 53.7 Å². The van der Waals surface area contributed by atoms with Crippen LogP contribution in [0.3, 0.4) is 0 Å². The number of halogens is 4. The zero-order chi connectivity index (χ0) is 26.7. The first kappa shape index (κ1) is 27.6. The third-order valence-electron chi connectivity index (χ3n) is 5.61. The molecular formula is C24H22ClF2IN4O4S. The summed E-state index contributed by atoms with van der Waals surface area (Å²) >= 11 is 8.27. The van der Waals surface area contributed by atoms with Gasteiger partial charge in [0.2, 0.25) is 10.0 Å². The highest BCUT2D eigenvalue weighted by molar-refractivity contribution is 14.1. The van der Waals surface area contributed by atoms with Crippen molar-refractivity contribution >= 4 is 61.5 Å². The summed E-state index contributed by atoms with van der Waals surface area (Å²) in [6.45, 7) is 0.0989. The predicted molar refractivity (Wildman–Crippen MR) is 143 cm³/mol. The number of carbonyl (C=O) groups excluding carboxylic acids is 1. The van der Waals surface area contributed by atoms with Crippen molar-refractivity contribution in [3.05, 3.63) is 80.1 Å². The van der Waals surface area contributed by atoms with Crippen LogP contribution in [0.2, 0.25) is 5.02 Å². The fraction of sp³-hybridized carbons (Fsp3) is 0.250. The molecule has 0 spiro atoms. The molecule has 0 saturated heterocycles. The molecule has 8 nitrogen and oxygen atoms in total. The van der Waals surface area contributed by atoms with Gasteiger partial charge in [0, 0.05) is 29.6 Å². The molecule has 1 amide bonds. The molecular weight excluding hydrogens is 641 g/mol. The minimum atomic E-state index is -4.56. The Labute approximate surface area is 231 Å². The number of nitrogens with one attached hydrogen (secondary N) is 2. The Morgan fingerprint density at radius 1 is 1.24 bits per heavy atom. The van der Waals surface area contributed by atoms with Crippen LogP contribution in [0, 0.1) is 21.1 Å². The van der Waals surface area contributed by atoms with E-state index in [9.17, 15) is 13.2 Å². The molecule has 0 unspecified atom stereocenters. The quantitative estimate of drug-likeness (QED) is 0.227. The molecule has 1 fully saturated rings. The van der Waals surface area contributed by atoms with Gasteiger partial charge in [0.15, 0.2) is 11.6 Å². The number of hydrogen-bond donors (Lipinski definition) is 2. The van der Waals surface area contributed by atoms with Crippen LogP contribution >= 0.6 is 34.2 Å². The van der Waals surface area contributed by atoms with Gasteiger partial charge in [-0.15, -0.1) is 0 Å². The average Bonchev–Trinajstić information content (AvgIpc) is 3.68. The Balaban J connectivity index is 1.74. The lowest BCUT2D eigenvalue weighted by molar-refractivity contribution is 0.0270. The number of sulfonamides is 1. The normalized spacial score (nSPS) is 13.6. The number of carbonyl (C=O) groups is 1. The molecule has 0 bridgehead atoms. The van der Waals surface area contributed by atoms with E-state index in [1.54, 1.807) is 24.3 Å². The van der Waals surface area contributed by atoms with E-state index in [0.717, 1.165) is 26.8 Å². The Hall–Kier alpha value is -2.39. The van der Waals surface area contributed by atoms with E-state index < -0.39 is 43.7 Å². The lowest BCUT2D eigenvalue weighted by Gasteiger charge is -2.20. The minimum absolute atomic E-state index is 0.151. The molecule has 37 heavy (non-hydrogen) atoms. The Kier molecular flexibility index (Phi) is 8.63. The average molecular weight is 663 g/mol. The predicted octanol–water partition coefficient (Wildman–Crippen LogP) is 5.25. The summed E-state index contributed by atoms with van der Waals surface area (Å²) < 4.78 is 58.9. The molecule has 0 atom stereocenters. The number of hydroxylamine groups is 1. The summed E-state index contributed by atoms with van der Waals surface area (Å²) in [5, 5.41) is 2.82. The molecule has 2 N–H and O–H groups in total. The number of nitrogens with zero attached hydrogens (tertiary/aromatic N) is 2. The van der Waals surface area contributed by atoms with Gasteiger partial charge in [0.05, 0.1) is 28.6 Å². The van der Waals surface area contributed by atoms with Gasteiger partial charge in [-0.25, -0.2) is 22.7 Å². The van der Waals surface area contributed by atoms with Crippen molar-refractivity contribution in [3.8, 4) is 0 Å². The van der Waals surface area contributed by atoms with Gasteiger partial charge < -0.3 is 5.32 Å². The van der Waals surface area contributed by atoms with Crippen LogP contribution in [-0.4, -0.2) is 37.3 Å². The lowest BCUT2D eigenvalue weighted by atomic mass is 10.1. The minimum Gasteiger partial charge on any atom is -0.351 e. The summed E-state index contributed by atoms with van der Waals surface area (Å²) in [6, 6.07) is 8.84. The summed E-state index contributed by atoms with van der Waals surface area (Å²) in [5.41, 5.74) is 1.87. The molecule has 3 aromatic rings. The maximum atomic E-state index is 15.5. The van der Waals surface area contributed by atoms with Gasteiger partial charge in [-0.3, -0.25) is 14.6 Å². The topological polar surface area (TPSA) is 101 Å². The number of rotatable bonds is 10. The van der Waals surface area contributed by atoms with Crippen molar-refractivity contribution < 1.29 is 26.8 Å². The van der Waals surface area contributed by atoms with Crippen LogP contribution in [0.25, 0.3) is 0 Å². The zero-order valence-corrected chi connectivity index (χ0v) is 23.2. The van der Waals surface area contributed by atoms with Crippen molar-refractivity contribution in [2.75, 3.05) is 19.0 Å². The number of amides is 1. The summed E-state index contributed by atoms with van der Waals surface area (Å²) in [6.07, 6.45) is 4.90. The standard InChI is InChI=1S/C24H22ClF2IN4O4S/c1-32(12-15-3-2-8-29-11-15)37(34,35)20-10-17(24(33)31-36-13-14-4-5-14)23(22(27)21(20)26)30-19-7-6-16(28)9-18(19)25/h2-3,6-11,14,30H,4-5,12-13H2,1H3,(H,31,33). The Morgan fingerprint density at radius 3 is 2.65 bits per heavy atom. The summed E-state index contributed by atoms with van der Waals surface area (Å²) in [4.78, 5) is 21.1. The highest BCUT2D eigenvalue weighted by Crippen LogP contribution is 2.35. The van der Waals surface area contributed by atoms with Crippen molar-refractivity contribution in [2.45, 2.75) is 24.3 Å². The molecule has 1 heterocycles. The molecule has 196 valence electrons. The number of anilines is 2. The lowest BCUT2D eigenvalue weighted by Crippen LogP contribution is -2.30. The summed E-state index contributed by atoms with van der Waals surface area (Å²) in [7, 11) is -3.34. The highest BCUT2D eigenvalue weighted by Gasteiger charge is 2.32. The second kappa shape index (κ2) is 11.6. The van der Waals surface area contributed by atoms with Crippen LogP contribution in [0.5, 0.6) is 0 Å². The SMILES string of the molecule is CN(Cc1cccnc1)S(=O)(=O)c1cc(C(=O)NOCC2CC2)c(Nc2ccc(I)cc2Cl)c(F)c1F. The van der Waals surface area contributed by atoms with Gasteiger partial charge in [-0.2, -0.15) is 4.31 Å². The molecule has 1 aromatic heterocycles. The molecule has 1 saturated carbocycles. The van der Waals surface area contributed by atoms with Crippen LogP contribution in [0.1, 0.15) is 28.8 Å². The first-order chi connectivity index (χ1) is 17.6. The van der Waals surface area contributed by atoms with E-state index in [4.69, 9.17) is 16.4 Å². The Bertz CT molecular complexity index is 1430. The Morgan fingerprint density at radius 2 is 2.00 bits per heavy atom. The monoisotopic (exact) mass is 662 g/mol. The van der Waals surface area contributed by atoms with Crippen molar-refractivity contribution in [2.24, 2.45) is 5.92 Å². The molecule has 0 aliphatic heterocycles. The van der Waals surface area contributed by atoms with E-state index in [0.29, 0.717) is 11.5 Å². The number of pyridine rings is 1. The van der Waals surface area contributed by atoms with Gasteiger partial charge >= 0.3 is 0 Å². The first-order valence-corrected chi connectivity index (χ1v) is 14.0. The van der Waals surface area contributed by atoms with Gasteiger partial charge in [0.1, 0.15) is 4.90 Å². The molecule has 0 radical (unpaired) electrons. The largest absolute Gasteiger partial charge is 0.351 e. The van der Waals surface area contributed by atoms with E-state index in [-0.39, 0.29) is 23.9 Å². The van der Waals surface area contributed by atoms with Crippen LogP contribution < -0.4 is 10.8 Å². The summed E-state index contributed by atoms with van der Waals surface area (Å²) in [5.74, 6) is -3.84. The smallest absolute Gasteiger partial charge is 0.277 e. The third-order valence-corrected chi connectivity index (χ3v) is 8.39. The van der Waals surface area contributed by atoms with E-state index >= 15 is 8.78 Å². The molecule has 1 aliphatic rings. The third kappa shape index (κ3) is 6.55. The van der Waals surface area contributed by atoms with Crippen molar-refractivity contribution in [1.29, 1.82) is 0 Å².